The van der Waals surface area contributed by atoms with Crippen molar-refractivity contribution in [3.8, 4) is 0 Å². The van der Waals surface area contributed by atoms with Crippen molar-refractivity contribution in [2.45, 2.75) is 59.2 Å². The predicted molar refractivity (Wildman–Crippen MR) is 86.9 cm³/mol. The topological polar surface area (TPSA) is 32.3 Å². The normalized spacial score (nSPS) is 22.9. The highest BCUT2D eigenvalue weighted by molar-refractivity contribution is 5.84. The predicted octanol–water partition coefficient (Wildman–Crippen LogP) is 3.20. The Balaban J connectivity index is 1.97. The number of carbonyl (C=O) groups is 1. The third kappa shape index (κ3) is 4.31. The van der Waals surface area contributed by atoms with E-state index in [-0.39, 0.29) is 23.5 Å². The van der Waals surface area contributed by atoms with E-state index in [1.54, 1.807) is 0 Å². The summed E-state index contributed by atoms with van der Waals surface area (Å²) in [6.07, 6.45) is 2.98. The fraction of sp³-hybridized carbons (Fsp3) is 0.611. The number of nitrogens with zero attached hydrogens (tertiary/aromatic N) is 1. The lowest BCUT2D eigenvalue weighted by Crippen LogP contribution is -2.41. The van der Waals surface area contributed by atoms with E-state index in [2.05, 4.69) is 57.3 Å². The van der Waals surface area contributed by atoms with Crippen LogP contribution in [0.3, 0.4) is 0 Å². The van der Waals surface area contributed by atoms with E-state index in [1.165, 1.54) is 5.56 Å². The highest BCUT2D eigenvalue weighted by Gasteiger charge is 2.38. The van der Waals surface area contributed by atoms with Gasteiger partial charge in [0.05, 0.1) is 12.2 Å². The van der Waals surface area contributed by atoms with Crippen molar-refractivity contribution in [3.05, 3.63) is 35.9 Å². The first kappa shape index (κ1) is 16.0. The number of benzene rings is 1. The smallest absolute Gasteiger partial charge is 0.241 e. The number of hydrogen-bond donors (Lipinski definition) is 1. The van der Waals surface area contributed by atoms with E-state index < -0.39 is 0 Å². The SMILES string of the molecule is CCC1NC(CCc2ccccc2)C(=O)N1CC(C)(C)C. The minimum atomic E-state index is -0.0301. The Labute approximate surface area is 128 Å². The largest absolute Gasteiger partial charge is 0.325 e. The summed E-state index contributed by atoms with van der Waals surface area (Å²) in [4.78, 5) is 14.7. The van der Waals surface area contributed by atoms with E-state index >= 15 is 0 Å². The van der Waals surface area contributed by atoms with E-state index in [1.807, 2.05) is 11.0 Å². The minimum absolute atomic E-state index is 0.0301. The van der Waals surface area contributed by atoms with Crippen molar-refractivity contribution in [3.63, 3.8) is 0 Å². The quantitative estimate of drug-likeness (QED) is 0.902. The molecule has 1 fully saturated rings. The summed E-state index contributed by atoms with van der Waals surface area (Å²) in [7, 11) is 0. The molecule has 2 rings (SSSR count). The van der Waals surface area contributed by atoms with Crippen LogP contribution in [0.4, 0.5) is 0 Å². The third-order valence-corrected chi connectivity index (χ3v) is 3.95. The van der Waals surface area contributed by atoms with Crippen LogP contribution in [0, 0.1) is 5.41 Å². The van der Waals surface area contributed by atoms with E-state index in [0.29, 0.717) is 0 Å². The Morgan fingerprint density at radius 1 is 1.19 bits per heavy atom. The molecule has 3 nitrogen and oxygen atoms in total. The van der Waals surface area contributed by atoms with Crippen LogP contribution in [0.1, 0.15) is 46.1 Å². The van der Waals surface area contributed by atoms with Crippen LogP contribution >= 0.6 is 0 Å². The summed E-state index contributed by atoms with van der Waals surface area (Å²) in [5, 5.41) is 3.51. The third-order valence-electron chi connectivity index (χ3n) is 3.95. The molecule has 1 aromatic rings. The maximum atomic E-state index is 12.6. The first-order chi connectivity index (χ1) is 9.90. The molecule has 2 atom stereocenters. The van der Waals surface area contributed by atoms with Crippen LogP contribution in [-0.2, 0) is 11.2 Å². The summed E-state index contributed by atoms with van der Waals surface area (Å²) in [5.74, 6) is 0.271. The zero-order valence-corrected chi connectivity index (χ0v) is 13.7. The van der Waals surface area contributed by atoms with Gasteiger partial charge in [-0.3, -0.25) is 10.1 Å². The molecule has 1 aromatic carbocycles. The summed E-state index contributed by atoms with van der Waals surface area (Å²) >= 11 is 0. The zero-order chi connectivity index (χ0) is 15.5. The molecular formula is C18H28N2O. The van der Waals surface area contributed by atoms with Crippen LogP contribution in [0.25, 0.3) is 0 Å². The second-order valence-corrected chi connectivity index (χ2v) is 7.19. The summed E-state index contributed by atoms with van der Waals surface area (Å²) in [5.41, 5.74) is 1.44. The molecule has 0 aromatic heterocycles. The first-order valence-electron chi connectivity index (χ1n) is 8.01. The van der Waals surface area contributed by atoms with Crippen LogP contribution in [-0.4, -0.2) is 29.6 Å². The van der Waals surface area contributed by atoms with Crippen molar-refractivity contribution in [2.75, 3.05) is 6.54 Å². The molecule has 1 saturated heterocycles. The van der Waals surface area contributed by atoms with Gasteiger partial charge in [-0.05, 0) is 30.2 Å². The number of nitrogens with one attached hydrogen (secondary N) is 1. The Morgan fingerprint density at radius 2 is 1.86 bits per heavy atom. The van der Waals surface area contributed by atoms with Crippen molar-refractivity contribution in [2.24, 2.45) is 5.41 Å². The van der Waals surface area contributed by atoms with Crippen LogP contribution in [0.5, 0.6) is 0 Å². The second-order valence-electron chi connectivity index (χ2n) is 7.19. The zero-order valence-electron chi connectivity index (χ0n) is 13.7. The monoisotopic (exact) mass is 288 g/mol. The van der Waals surface area contributed by atoms with Gasteiger partial charge in [0.2, 0.25) is 5.91 Å². The van der Waals surface area contributed by atoms with Crippen molar-refractivity contribution < 1.29 is 4.79 Å². The van der Waals surface area contributed by atoms with Gasteiger partial charge in [-0.15, -0.1) is 0 Å². The highest BCUT2D eigenvalue weighted by atomic mass is 16.2. The van der Waals surface area contributed by atoms with Gasteiger partial charge in [-0.25, -0.2) is 0 Å². The highest BCUT2D eigenvalue weighted by Crippen LogP contribution is 2.23. The molecule has 116 valence electrons. The van der Waals surface area contributed by atoms with Crippen LogP contribution in [0.2, 0.25) is 0 Å². The van der Waals surface area contributed by atoms with Gasteiger partial charge in [0.25, 0.3) is 0 Å². The molecule has 1 aliphatic rings. The molecule has 0 saturated carbocycles. The molecule has 3 heteroatoms. The Bertz CT molecular complexity index is 464. The van der Waals surface area contributed by atoms with E-state index in [9.17, 15) is 4.79 Å². The van der Waals surface area contributed by atoms with Crippen molar-refractivity contribution in [1.29, 1.82) is 0 Å². The second kappa shape index (κ2) is 6.61. The van der Waals surface area contributed by atoms with Gasteiger partial charge in [0, 0.05) is 6.54 Å². The Kier molecular flexibility index (Phi) is 5.04. The lowest BCUT2D eigenvalue weighted by atomic mass is 9.95. The molecule has 21 heavy (non-hydrogen) atoms. The standard InChI is InChI=1S/C18H28N2O/c1-5-16-19-15(12-11-14-9-7-6-8-10-14)17(21)20(16)13-18(2,3)4/h6-10,15-16,19H,5,11-13H2,1-4H3. The lowest BCUT2D eigenvalue weighted by Gasteiger charge is -2.30. The number of rotatable bonds is 5. The van der Waals surface area contributed by atoms with Gasteiger partial charge >= 0.3 is 0 Å². The molecular weight excluding hydrogens is 260 g/mol. The number of amides is 1. The van der Waals surface area contributed by atoms with Gasteiger partial charge in [-0.2, -0.15) is 0 Å². The average molecular weight is 288 g/mol. The first-order valence-corrected chi connectivity index (χ1v) is 8.01. The van der Waals surface area contributed by atoms with Crippen LogP contribution < -0.4 is 5.32 Å². The van der Waals surface area contributed by atoms with Crippen LogP contribution in [0.15, 0.2) is 30.3 Å². The molecule has 1 N–H and O–H groups in total. The molecule has 1 aliphatic heterocycles. The maximum Gasteiger partial charge on any atom is 0.241 e. The van der Waals surface area contributed by atoms with Gasteiger partial charge in [-0.1, -0.05) is 58.0 Å². The molecule has 2 unspecified atom stereocenters. The molecule has 0 radical (unpaired) electrons. The summed E-state index contributed by atoms with van der Waals surface area (Å²) in [6, 6.07) is 10.4. The summed E-state index contributed by atoms with van der Waals surface area (Å²) < 4.78 is 0. The minimum Gasteiger partial charge on any atom is -0.325 e. The fourth-order valence-electron chi connectivity index (χ4n) is 2.95. The molecule has 0 spiro atoms. The maximum absolute atomic E-state index is 12.6. The Morgan fingerprint density at radius 3 is 2.43 bits per heavy atom. The number of aryl methyl sites for hydroxylation is 1. The number of carbonyl (C=O) groups excluding carboxylic acids is 1. The fourth-order valence-corrected chi connectivity index (χ4v) is 2.95. The molecule has 1 heterocycles. The van der Waals surface area contributed by atoms with E-state index in [4.69, 9.17) is 0 Å². The molecule has 0 bridgehead atoms. The van der Waals surface area contributed by atoms with Gasteiger partial charge < -0.3 is 4.90 Å². The number of hydrogen-bond acceptors (Lipinski definition) is 2. The molecule has 0 aliphatic carbocycles. The van der Waals surface area contributed by atoms with Crippen molar-refractivity contribution in [1.82, 2.24) is 10.2 Å². The Hall–Kier alpha value is -1.35. The van der Waals surface area contributed by atoms with Gasteiger partial charge in [0.15, 0.2) is 0 Å². The summed E-state index contributed by atoms with van der Waals surface area (Å²) in [6.45, 7) is 9.51. The van der Waals surface area contributed by atoms with Gasteiger partial charge in [0.1, 0.15) is 0 Å². The van der Waals surface area contributed by atoms with Crippen molar-refractivity contribution >= 4 is 5.91 Å². The molecule has 1 amide bonds. The average Bonchev–Trinajstić information content (AvgIpc) is 2.73. The van der Waals surface area contributed by atoms with E-state index in [0.717, 1.165) is 25.8 Å². The lowest BCUT2D eigenvalue weighted by molar-refractivity contribution is -0.131.